The zero-order valence-corrected chi connectivity index (χ0v) is 17.6. The summed E-state index contributed by atoms with van der Waals surface area (Å²) in [6.45, 7) is 0.661. The molecule has 1 N–H and O–H groups in total. The molecule has 0 fully saturated rings. The van der Waals surface area contributed by atoms with E-state index in [4.69, 9.17) is 4.98 Å². The Hall–Kier alpha value is -2.12. The molecule has 0 bridgehead atoms. The maximum atomic E-state index is 12.5. The number of imidazole rings is 1. The highest BCUT2D eigenvalue weighted by Gasteiger charge is 2.15. The number of rotatable bonds is 7. The number of hydrogen-bond donors (Lipinski definition) is 1. The van der Waals surface area contributed by atoms with Gasteiger partial charge in [0.25, 0.3) is 5.91 Å². The highest BCUT2D eigenvalue weighted by Crippen LogP contribution is 2.27. The number of aryl methyl sites for hydroxylation is 3. The lowest BCUT2D eigenvalue weighted by molar-refractivity contribution is 0.0953. The molecule has 1 aromatic carbocycles. The number of benzene rings is 1. The molecule has 1 aliphatic rings. The van der Waals surface area contributed by atoms with Crippen molar-refractivity contribution in [2.75, 3.05) is 12.8 Å². The van der Waals surface area contributed by atoms with E-state index in [-0.39, 0.29) is 5.91 Å². The molecule has 1 amide bonds. The van der Waals surface area contributed by atoms with Gasteiger partial charge in [0.1, 0.15) is 0 Å². The normalized spacial score (nSPS) is 13.3. The Labute approximate surface area is 173 Å². The predicted molar refractivity (Wildman–Crippen MR) is 115 cm³/mol. The first-order valence-corrected chi connectivity index (χ1v) is 11.7. The lowest BCUT2D eigenvalue weighted by atomic mass is 10.0. The Kier molecular flexibility index (Phi) is 6.12. The van der Waals surface area contributed by atoms with Crippen molar-refractivity contribution < 1.29 is 4.79 Å². The van der Waals surface area contributed by atoms with Gasteiger partial charge in [-0.25, -0.2) is 9.97 Å². The molecular weight excluding hydrogens is 388 g/mol. The van der Waals surface area contributed by atoms with E-state index in [0.717, 1.165) is 30.1 Å². The highest BCUT2D eigenvalue weighted by molar-refractivity contribution is 7.98. The van der Waals surface area contributed by atoms with Crippen LogP contribution in [-0.2, 0) is 19.3 Å². The molecular formula is C21H24N4OS2. The lowest BCUT2D eigenvalue weighted by Gasteiger charge is -2.09. The first-order valence-electron chi connectivity index (χ1n) is 9.68. The minimum atomic E-state index is -0.0360. The van der Waals surface area contributed by atoms with Gasteiger partial charge >= 0.3 is 0 Å². The van der Waals surface area contributed by atoms with Crippen molar-refractivity contribution in [3.05, 3.63) is 57.8 Å². The van der Waals surface area contributed by atoms with Crippen LogP contribution in [0.2, 0.25) is 0 Å². The molecule has 0 saturated carbocycles. The third-order valence-electron chi connectivity index (χ3n) is 4.92. The average molecular weight is 413 g/mol. The van der Waals surface area contributed by atoms with E-state index in [9.17, 15) is 4.79 Å². The Bertz CT molecular complexity index is 939. The van der Waals surface area contributed by atoms with Crippen molar-refractivity contribution >= 4 is 29.0 Å². The fraction of sp³-hybridized carbons (Fsp3) is 0.381. The van der Waals surface area contributed by atoms with E-state index >= 15 is 0 Å². The number of nitrogens with zero attached hydrogens (tertiary/aromatic N) is 3. The Balaban J connectivity index is 1.31. The number of amides is 1. The van der Waals surface area contributed by atoms with Crippen molar-refractivity contribution in [2.45, 2.75) is 43.7 Å². The van der Waals surface area contributed by atoms with Crippen molar-refractivity contribution in [3.63, 3.8) is 0 Å². The van der Waals surface area contributed by atoms with Gasteiger partial charge in [-0.1, -0.05) is 17.8 Å². The van der Waals surface area contributed by atoms with Crippen molar-refractivity contribution in [1.29, 1.82) is 0 Å². The fourth-order valence-corrected chi connectivity index (χ4v) is 5.22. The second-order valence-corrected chi connectivity index (χ2v) is 8.82. The Morgan fingerprint density at radius 2 is 2.21 bits per heavy atom. The predicted octanol–water partition coefficient (Wildman–Crippen LogP) is 4.29. The third-order valence-corrected chi connectivity index (χ3v) is 6.80. The summed E-state index contributed by atoms with van der Waals surface area (Å²) >= 11 is 3.44. The van der Waals surface area contributed by atoms with Crippen LogP contribution in [-0.4, -0.2) is 33.2 Å². The van der Waals surface area contributed by atoms with Crippen molar-refractivity contribution in [3.8, 4) is 5.69 Å². The van der Waals surface area contributed by atoms with Crippen LogP contribution in [0.3, 0.4) is 0 Å². The Morgan fingerprint density at radius 1 is 1.32 bits per heavy atom. The van der Waals surface area contributed by atoms with Crippen molar-refractivity contribution in [2.24, 2.45) is 0 Å². The number of thioether (sulfide) groups is 1. The second kappa shape index (κ2) is 8.92. The van der Waals surface area contributed by atoms with Gasteiger partial charge in [-0.3, -0.25) is 9.36 Å². The summed E-state index contributed by atoms with van der Waals surface area (Å²) in [5, 5.41) is 5.16. The van der Waals surface area contributed by atoms with Gasteiger partial charge in [0, 0.05) is 41.5 Å². The standard InChI is InChI=1S/C21H24N4OS2/c1-27-21-23-12-13-25(21)16-7-4-6-15(14-16)20(26)22-11-5-10-19-24-17-8-2-3-9-18(17)28-19/h4,6-7,12-14H,2-3,5,8-11H2,1H3,(H,22,26). The number of carbonyl (C=O) groups excluding carboxylic acids is 1. The maximum absolute atomic E-state index is 12.5. The van der Waals surface area contributed by atoms with Crippen LogP contribution in [0.25, 0.3) is 5.69 Å². The zero-order valence-electron chi connectivity index (χ0n) is 16.0. The van der Waals surface area contributed by atoms with Gasteiger partial charge in [-0.15, -0.1) is 11.3 Å². The summed E-state index contributed by atoms with van der Waals surface area (Å²) < 4.78 is 1.99. The molecule has 0 atom stereocenters. The zero-order chi connectivity index (χ0) is 19.3. The van der Waals surface area contributed by atoms with E-state index in [2.05, 4.69) is 10.3 Å². The van der Waals surface area contributed by atoms with Gasteiger partial charge in [0.05, 0.1) is 10.7 Å². The molecule has 0 radical (unpaired) electrons. The second-order valence-electron chi connectivity index (χ2n) is 6.88. The number of aromatic nitrogens is 3. The number of hydrogen-bond acceptors (Lipinski definition) is 5. The monoisotopic (exact) mass is 412 g/mol. The van der Waals surface area contributed by atoms with Crippen LogP contribution in [0, 0.1) is 0 Å². The summed E-state index contributed by atoms with van der Waals surface area (Å²) in [6.07, 6.45) is 12.4. The topological polar surface area (TPSA) is 59.8 Å². The fourth-order valence-electron chi connectivity index (χ4n) is 3.49. The largest absolute Gasteiger partial charge is 0.352 e. The van der Waals surface area contributed by atoms with E-state index in [0.29, 0.717) is 12.1 Å². The SMILES string of the molecule is CSc1nccn1-c1cccc(C(=O)NCCCc2nc3c(s2)CCCC3)c1. The van der Waals surface area contributed by atoms with E-state index in [1.807, 2.05) is 52.6 Å². The van der Waals surface area contributed by atoms with Gasteiger partial charge in [0.15, 0.2) is 5.16 Å². The lowest BCUT2D eigenvalue weighted by Crippen LogP contribution is -2.24. The summed E-state index contributed by atoms with van der Waals surface area (Å²) in [7, 11) is 0. The summed E-state index contributed by atoms with van der Waals surface area (Å²) in [5.74, 6) is -0.0360. The van der Waals surface area contributed by atoms with Gasteiger partial charge in [0.2, 0.25) is 0 Å². The van der Waals surface area contributed by atoms with Crippen LogP contribution < -0.4 is 5.32 Å². The summed E-state index contributed by atoms with van der Waals surface area (Å²) in [5.41, 5.74) is 2.93. The van der Waals surface area contributed by atoms with Gasteiger partial charge in [-0.2, -0.15) is 0 Å². The minimum absolute atomic E-state index is 0.0360. The summed E-state index contributed by atoms with van der Waals surface area (Å²) in [4.78, 5) is 23.1. The molecule has 0 saturated heterocycles. The van der Waals surface area contributed by atoms with Crippen LogP contribution in [0.5, 0.6) is 0 Å². The van der Waals surface area contributed by atoms with Crippen LogP contribution >= 0.6 is 23.1 Å². The molecule has 7 heteroatoms. The van der Waals surface area contributed by atoms with Crippen LogP contribution in [0.1, 0.15) is 45.2 Å². The first kappa shape index (κ1) is 19.2. The molecule has 0 unspecified atom stereocenters. The molecule has 146 valence electrons. The van der Waals surface area contributed by atoms with E-state index in [1.165, 1.54) is 34.8 Å². The molecule has 4 rings (SSSR count). The first-order chi connectivity index (χ1) is 13.7. The van der Waals surface area contributed by atoms with Crippen LogP contribution in [0.15, 0.2) is 41.8 Å². The van der Waals surface area contributed by atoms with Crippen LogP contribution in [0.4, 0.5) is 0 Å². The molecule has 5 nitrogen and oxygen atoms in total. The van der Waals surface area contributed by atoms with Gasteiger partial charge in [-0.05, 0) is 56.6 Å². The number of nitrogens with one attached hydrogen (secondary N) is 1. The molecule has 0 aliphatic heterocycles. The molecule has 1 aliphatic carbocycles. The summed E-state index contributed by atoms with van der Waals surface area (Å²) in [6, 6.07) is 7.66. The molecule has 3 aromatic rings. The average Bonchev–Trinajstić information content (AvgIpc) is 3.37. The molecule has 2 aromatic heterocycles. The van der Waals surface area contributed by atoms with Crippen molar-refractivity contribution in [1.82, 2.24) is 19.9 Å². The smallest absolute Gasteiger partial charge is 0.251 e. The molecule has 28 heavy (non-hydrogen) atoms. The highest BCUT2D eigenvalue weighted by atomic mass is 32.2. The Morgan fingerprint density at radius 3 is 3.07 bits per heavy atom. The number of carbonyl (C=O) groups is 1. The third kappa shape index (κ3) is 4.31. The quantitative estimate of drug-likeness (QED) is 0.464. The maximum Gasteiger partial charge on any atom is 0.251 e. The van der Waals surface area contributed by atoms with Gasteiger partial charge < -0.3 is 5.32 Å². The number of thiazole rings is 1. The minimum Gasteiger partial charge on any atom is -0.352 e. The number of fused-ring (bicyclic) bond motifs is 1. The molecule has 0 spiro atoms. The van der Waals surface area contributed by atoms with E-state index in [1.54, 1.807) is 18.0 Å². The van der Waals surface area contributed by atoms with E-state index < -0.39 is 0 Å². The molecule has 2 heterocycles.